The number of rotatable bonds is 9. The Bertz CT molecular complexity index is 1830. The number of carbonyl (C=O) groups excluding carboxylic acids is 2. The number of ether oxygens (including phenoxy) is 2. The maximum atomic E-state index is 14.5. The predicted octanol–water partition coefficient (Wildman–Crippen LogP) is 2.34. The van der Waals surface area contributed by atoms with Crippen LogP contribution in [0, 0.1) is 11.3 Å². The summed E-state index contributed by atoms with van der Waals surface area (Å²) in [5, 5.41) is 19.7. The molecule has 3 aromatic heterocycles. The lowest BCUT2D eigenvalue weighted by Crippen LogP contribution is -2.76. The fraction of sp³-hybridized carbons (Fsp3) is 0.636. The maximum Gasteiger partial charge on any atom is 0.276 e. The molecule has 4 saturated carbocycles. The topological polar surface area (TPSA) is 152 Å². The van der Waals surface area contributed by atoms with Gasteiger partial charge in [-0.15, -0.1) is 10.2 Å². The van der Waals surface area contributed by atoms with Crippen LogP contribution in [0.2, 0.25) is 0 Å². The maximum absolute atomic E-state index is 14.5. The molecule has 0 radical (unpaired) electrons. The van der Waals surface area contributed by atoms with Crippen LogP contribution in [0.1, 0.15) is 75.5 Å². The third-order valence-corrected chi connectivity index (χ3v) is 11.6. The van der Waals surface area contributed by atoms with Crippen LogP contribution in [0.5, 0.6) is 5.75 Å². The number of pyridine rings is 1. The van der Waals surface area contributed by atoms with Gasteiger partial charge in [0.05, 0.1) is 38.3 Å². The molecule has 2 amide bonds. The van der Waals surface area contributed by atoms with E-state index in [0.717, 1.165) is 43.5 Å². The number of hydrogen-bond donors (Lipinski definition) is 2. The smallest absolute Gasteiger partial charge is 0.276 e. The molecule has 0 spiro atoms. The van der Waals surface area contributed by atoms with Crippen molar-refractivity contribution in [2.45, 2.75) is 89.9 Å². The van der Waals surface area contributed by atoms with E-state index in [1.54, 1.807) is 4.80 Å². The van der Waals surface area contributed by atoms with Crippen molar-refractivity contribution in [3.8, 4) is 5.75 Å². The summed E-state index contributed by atoms with van der Waals surface area (Å²) in [5.41, 5.74) is 3.26. The van der Waals surface area contributed by atoms with E-state index in [0.29, 0.717) is 73.3 Å². The van der Waals surface area contributed by atoms with E-state index >= 15 is 0 Å². The quantitative estimate of drug-likeness (QED) is 0.357. The lowest BCUT2D eigenvalue weighted by atomic mass is 9.36. The van der Waals surface area contributed by atoms with Crippen LogP contribution in [0.25, 0.3) is 16.9 Å². The fourth-order valence-corrected chi connectivity index (χ4v) is 8.86. The van der Waals surface area contributed by atoms with Crippen LogP contribution < -0.4 is 20.4 Å². The molecule has 6 aliphatic rings. The number of fused-ring (bicyclic) bond motifs is 2. The second-order valence-corrected chi connectivity index (χ2v) is 14.3. The number of carbonyl (C=O) groups is 2. The molecule has 14 nitrogen and oxygen atoms in total. The van der Waals surface area contributed by atoms with Crippen molar-refractivity contribution < 1.29 is 19.1 Å². The molecule has 3 aromatic rings. The SMILES string of the molecule is CCc1c(N2CCN(C(=O)c3[nH]ncc3OC)[C@H]3CC[C@@H]32)c(=O)c2nn(C3=CCOCC3)nc2n1CC(=O)NC12CC(C(C)C)(C1)C2. The Morgan fingerprint density at radius 3 is 2.62 bits per heavy atom. The number of anilines is 1. The normalized spacial score (nSPS) is 27.9. The molecule has 0 aromatic carbocycles. The monoisotopic (exact) mass is 645 g/mol. The van der Waals surface area contributed by atoms with Crippen molar-refractivity contribution in [3.05, 3.63) is 33.9 Å². The summed E-state index contributed by atoms with van der Waals surface area (Å²) in [6.07, 6.45) is 9.34. The van der Waals surface area contributed by atoms with E-state index < -0.39 is 0 Å². The Kier molecular flexibility index (Phi) is 7.01. The third kappa shape index (κ3) is 4.54. The largest absolute Gasteiger partial charge is 0.493 e. The van der Waals surface area contributed by atoms with Gasteiger partial charge in [-0.2, -0.15) is 9.90 Å². The van der Waals surface area contributed by atoms with E-state index in [9.17, 15) is 14.4 Å². The number of amides is 2. The highest BCUT2D eigenvalue weighted by atomic mass is 16.5. The Hall–Kier alpha value is -4.20. The highest BCUT2D eigenvalue weighted by Gasteiger charge is 2.69. The third-order valence-electron chi connectivity index (χ3n) is 11.6. The van der Waals surface area contributed by atoms with Crippen molar-refractivity contribution in [1.82, 2.24) is 40.0 Å². The van der Waals surface area contributed by atoms with E-state index in [-0.39, 0.29) is 46.9 Å². The molecule has 1 saturated heterocycles. The van der Waals surface area contributed by atoms with E-state index in [4.69, 9.17) is 19.7 Å². The van der Waals surface area contributed by atoms with Crippen LogP contribution >= 0.6 is 0 Å². The van der Waals surface area contributed by atoms with Gasteiger partial charge in [-0.25, -0.2) is 0 Å². The number of aromatic nitrogens is 6. The van der Waals surface area contributed by atoms with Gasteiger partial charge in [0.1, 0.15) is 12.2 Å². The van der Waals surface area contributed by atoms with Crippen molar-refractivity contribution >= 4 is 34.4 Å². The minimum absolute atomic E-state index is 0.0411. The molecule has 47 heavy (non-hydrogen) atoms. The summed E-state index contributed by atoms with van der Waals surface area (Å²) in [5.74, 6) is 0.790. The number of H-pyrrole nitrogens is 1. The second kappa shape index (κ2) is 10.9. The van der Waals surface area contributed by atoms with Gasteiger partial charge in [0.2, 0.25) is 11.3 Å². The van der Waals surface area contributed by atoms with Crippen LogP contribution in [0.3, 0.4) is 0 Å². The molecule has 9 rings (SSSR count). The molecule has 2 bridgehead atoms. The van der Waals surface area contributed by atoms with Crippen molar-refractivity contribution in [2.75, 3.05) is 38.3 Å². The summed E-state index contributed by atoms with van der Waals surface area (Å²) in [6.45, 7) is 8.52. The number of hydrogen-bond acceptors (Lipinski definition) is 9. The van der Waals surface area contributed by atoms with E-state index in [1.807, 2.05) is 22.5 Å². The number of nitrogens with one attached hydrogen (secondary N) is 2. The van der Waals surface area contributed by atoms with Gasteiger partial charge in [0, 0.05) is 36.8 Å². The zero-order valence-corrected chi connectivity index (χ0v) is 27.5. The van der Waals surface area contributed by atoms with Crippen molar-refractivity contribution in [3.63, 3.8) is 0 Å². The van der Waals surface area contributed by atoms with Crippen molar-refractivity contribution in [2.24, 2.45) is 11.3 Å². The van der Waals surface area contributed by atoms with Gasteiger partial charge in [-0.05, 0) is 55.9 Å². The van der Waals surface area contributed by atoms with E-state index in [1.165, 1.54) is 13.3 Å². The van der Waals surface area contributed by atoms with Gasteiger partial charge >= 0.3 is 0 Å². The highest BCUT2D eigenvalue weighted by Crippen LogP contribution is 2.70. The van der Waals surface area contributed by atoms with Crippen LogP contribution in [-0.4, -0.2) is 97.5 Å². The second-order valence-electron chi connectivity index (χ2n) is 14.3. The highest BCUT2D eigenvalue weighted by molar-refractivity contribution is 5.95. The summed E-state index contributed by atoms with van der Waals surface area (Å²) >= 11 is 0. The average Bonchev–Trinajstić information content (AvgIpc) is 3.68. The molecule has 14 heteroatoms. The van der Waals surface area contributed by atoms with Gasteiger partial charge in [0.25, 0.3) is 5.91 Å². The molecular weight excluding hydrogens is 602 g/mol. The summed E-state index contributed by atoms with van der Waals surface area (Å²) < 4.78 is 12.8. The molecule has 5 heterocycles. The van der Waals surface area contributed by atoms with Crippen LogP contribution in [0.4, 0.5) is 5.69 Å². The Morgan fingerprint density at radius 1 is 1.17 bits per heavy atom. The first-order valence-electron chi connectivity index (χ1n) is 16.9. The predicted molar refractivity (Wildman–Crippen MR) is 173 cm³/mol. The molecule has 2 atom stereocenters. The Labute approximate surface area is 272 Å². The molecule has 2 N–H and O–H groups in total. The van der Waals surface area contributed by atoms with E-state index in [2.05, 4.69) is 34.3 Å². The lowest BCUT2D eigenvalue weighted by Gasteiger charge is -2.72. The van der Waals surface area contributed by atoms with Gasteiger partial charge < -0.3 is 29.2 Å². The molecule has 250 valence electrons. The minimum Gasteiger partial charge on any atom is -0.493 e. The molecular formula is C33H43N9O5. The summed E-state index contributed by atoms with van der Waals surface area (Å²) in [7, 11) is 1.52. The zero-order valence-electron chi connectivity index (χ0n) is 27.5. The minimum atomic E-state index is -0.189. The average molecular weight is 646 g/mol. The number of methoxy groups -OCH3 is 1. The van der Waals surface area contributed by atoms with Gasteiger partial charge in [-0.3, -0.25) is 19.5 Å². The van der Waals surface area contributed by atoms with Crippen LogP contribution in [0.15, 0.2) is 17.1 Å². The first kappa shape index (κ1) is 30.2. The summed E-state index contributed by atoms with van der Waals surface area (Å²) in [6, 6.07) is -0.109. The zero-order chi connectivity index (χ0) is 32.7. The molecule has 4 aliphatic carbocycles. The molecule has 5 fully saturated rings. The van der Waals surface area contributed by atoms with Crippen LogP contribution in [-0.2, 0) is 22.5 Å². The Morgan fingerprint density at radius 2 is 1.96 bits per heavy atom. The Balaban J connectivity index is 1.15. The fourth-order valence-electron chi connectivity index (χ4n) is 8.86. The number of nitrogens with zero attached hydrogens (tertiary/aromatic N) is 7. The molecule has 0 unspecified atom stereocenters. The molecule has 2 aliphatic heterocycles. The van der Waals surface area contributed by atoms with Crippen molar-refractivity contribution in [1.29, 1.82) is 0 Å². The van der Waals surface area contributed by atoms with Gasteiger partial charge in [0.15, 0.2) is 22.6 Å². The first-order chi connectivity index (χ1) is 22.7. The summed E-state index contributed by atoms with van der Waals surface area (Å²) in [4.78, 5) is 47.4. The number of piperazine rings is 1. The number of aromatic amines is 1. The van der Waals surface area contributed by atoms with Gasteiger partial charge in [-0.1, -0.05) is 20.8 Å². The first-order valence-corrected chi connectivity index (χ1v) is 16.9. The standard InChI is InChI=1S/C33H43N9O5/c1-5-21-28(39-10-11-40(23-7-6-22(23)39)31(45)26-24(46-4)14-34-36-26)29(44)27-30(38-42(37-27)20-8-12-47-13-9-20)41(21)15-25(43)35-33-16-32(17-33,18-33)19(2)3/h8,14,19,22-23H,5-7,9-13,15-18H2,1-4H3,(H,34,36)(H,35,43)/t22-,23-,32?,33?/m0/s1. The lowest BCUT2D eigenvalue weighted by molar-refractivity contribution is -0.187.